The van der Waals surface area contributed by atoms with Gasteiger partial charge in [0.15, 0.2) is 0 Å². The highest BCUT2D eigenvalue weighted by molar-refractivity contribution is 5.77. The van der Waals surface area contributed by atoms with Gasteiger partial charge in [0, 0.05) is 18.9 Å². The predicted octanol–water partition coefficient (Wildman–Crippen LogP) is 2.70. The molecule has 0 spiro atoms. The smallest absolute Gasteiger partial charge is 0.220 e. The average molecular weight is 339 g/mol. The van der Waals surface area contributed by atoms with E-state index in [0.717, 1.165) is 28.4 Å². The number of fused-ring (bicyclic) bond motifs is 1. The molecule has 0 atom stereocenters. The van der Waals surface area contributed by atoms with Crippen LogP contribution in [0.5, 0.6) is 11.5 Å². The Balaban J connectivity index is 1.37. The Morgan fingerprint density at radius 2 is 2.00 bits per heavy atom. The van der Waals surface area contributed by atoms with Crippen molar-refractivity contribution in [3.8, 4) is 11.5 Å². The van der Waals surface area contributed by atoms with Crippen molar-refractivity contribution < 1.29 is 14.3 Å². The van der Waals surface area contributed by atoms with Gasteiger partial charge in [-0.25, -0.2) is 4.98 Å². The predicted molar refractivity (Wildman–Crippen MR) is 95.9 cm³/mol. The molecule has 0 aliphatic rings. The van der Waals surface area contributed by atoms with Gasteiger partial charge in [0.1, 0.15) is 23.9 Å². The van der Waals surface area contributed by atoms with Crippen molar-refractivity contribution in [2.75, 3.05) is 20.3 Å². The van der Waals surface area contributed by atoms with Crippen LogP contribution >= 0.6 is 0 Å². The molecule has 0 aliphatic heterocycles. The average Bonchev–Trinajstić information content (AvgIpc) is 3.07. The zero-order valence-corrected chi connectivity index (χ0v) is 14.1. The second-order valence-corrected chi connectivity index (χ2v) is 5.58. The van der Waals surface area contributed by atoms with Crippen LogP contribution in [0.25, 0.3) is 11.0 Å². The molecule has 2 N–H and O–H groups in total. The monoisotopic (exact) mass is 339 g/mol. The number of aromatic nitrogens is 2. The molecule has 6 heteroatoms. The molecule has 6 nitrogen and oxygen atoms in total. The van der Waals surface area contributed by atoms with Crippen LogP contribution < -0.4 is 14.8 Å². The Bertz CT molecular complexity index is 812. The van der Waals surface area contributed by atoms with E-state index in [4.69, 9.17) is 9.47 Å². The van der Waals surface area contributed by atoms with E-state index < -0.39 is 0 Å². The van der Waals surface area contributed by atoms with Crippen LogP contribution in [0.2, 0.25) is 0 Å². The molecule has 25 heavy (non-hydrogen) atoms. The molecule has 0 saturated heterocycles. The summed E-state index contributed by atoms with van der Waals surface area (Å²) in [4.78, 5) is 19.6. The summed E-state index contributed by atoms with van der Waals surface area (Å²) < 4.78 is 10.7. The van der Waals surface area contributed by atoms with Gasteiger partial charge in [-0.2, -0.15) is 0 Å². The Kier molecular flexibility index (Phi) is 5.51. The highest BCUT2D eigenvalue weighted by atomic mass is 16.5. The normalized spacial score (nSPS) is 10.6. The summed E-state index contributed by atoms with van der Waals surface area (Å²) in [5, 5.41) is 2.85. The van der Waals surface area contributed by atoms with Crippen LogP contribution in [0.1, 0.15) is 12.2 Å². The number of hydrogen-bond donors (Lipinski definition) is 2. The molecule has 0 aliphatic carbocycles. The molecule has 0 fully saturated rings. The van der Waals surface area contributed by atoms with Crippen molar-refractivity contribution in [1.29, 1.82) is 0 Å². The number of nitrogens with zero attached hydrogens (tertiary/aromatic N) is 1. The number of aryl methyl sites for hydroxylation is 1. The van der Waals surface area contributed by atoms with E-state index in [9.17, 15) is 4.79 Å². The van der Waals surface area contributed by atoms with E-state index in [1.807, 2.05) is 48.5 Å². The van der Waals surface area contributed by atoms with Crippen molar-refractivity contribution >= 4 is 16.9 Å². The third kappa shape index (κ3) is 4.73. The molecule has 1 amide bonds. The molecule has 1 heterocycles. The van der Waals surface area contributed by atoms with Crippen LogP contribution in [0, 0.1) is 0 Å². The minimum absolute atomic E-state index is 0.0188. The lowest BCUT2D eigenvalue weighted by atomic mass is 10.3. The SMILES string of the molecule is COc1cccc(OCCNC(=O)CCc2nc3ccccc3[nH]2)c1. The summed E-state index contributed by atoms with van der Waals surface area (Å²) in [6, 6.07) is 15.2. The van der Waals surface area contributed by atoms with E-state index in [-0.39, 0.29) is 5.91 Å². The molecular weight excluding hydrogens is 318 g/mol. The molecule has 2 aromatic carbocycles. The third-order valence-corrected chi connectivity index (χ3v) is 3.76. The fourth-order valence-corrected chi connectivity index (χ4v) is 2.49. The number of nitrogens with one attached hydrogen (secondary N) is 2. The maximum absolute atomic E-state index is 11.9. The Labute approximate surface area is 146 Å². The molecule has 1 aromatic heterocycles. The number of ether oxygens (including phenoxy) is 2. The van der Waals surface area contributed by atoms with Gasteiger partial charge in [0.2, 0.25) is 5.91 Å². The molecule has 0 radical (unpaired) electrons. The van der Waals surface area contributed by atoms with Crippen molar-refractivity contribution in [3.63, 3.8) is 0 Å². The number of H-pyrrole nitrogens is 1. The fraction of sp³-hybridized carbons (Fsp3) is 0.263. The summed E-state index contributed by atoms with van der Waals surface area (Å²) in [7, 11) is 1.61. The lowest BCUT2D eigenvalue weighted by Crippen LogP contribution is -2.28. The second kappa shape index (κ2) is 8.19. The highest BCUT2D eigenvalue weighted by Crippen LogP contribution is 2.18. The number of carbonyl (C=O) groups excluding carboxylic acids is 1. The molecule has 3 rings (SSSR count). The Morgan fingerprint density at radius 3 is 2.84 bits per heavy atom. The summed E-state index contributed by atoms with van der Waals surface area (Å²) in [6.07, 6.45) is 0.968. The maximum Gasteiger partial charge on any atom is 0.220 e. The number of benzene rings is 2. The van der Waals surface area contributed by atoms with Gasteiger partial charge in [0.05, 0.1) is 24.7 Å². The first-order chi connectivity index (χ1) is 12.2. The van der Waals surface area contributed by atoms with Crippen LogP contribution in [0.15, 0.2) is 48.5 Å². The summed E-state index contributed by atoms with van der Waals surface area (Å²) >= 11 is 0. The number of methoxy groups -OCH3 is 1. The van der Waals surface area contributed by atoms with Gasteiger partial charge in [0.25, 0.3) is 0 Å². The van der Waals surface area contributed by atoms with E-state index in [1.54, 1.807) is 7.11 Å². The van der Waals surface area contributed by atoms with E-state index in [0.29, 0.717) is 26.0 Å². The number of carbonyl (C=O) groups is 1. The van der Waals surface area contributed by atoms with Gasteiger partial charge in [-0.3, -0.25) is 4.79 Å². The second-order valence-electron chi connectivity index (χ2n) is 5.58. The van der Waals surface area contributed by atoms with Crippen LogP contribution in [0.3, 0.4) is 0 Å². The molecule has 3 aromatic rings. The van der Waals surface area contributed by atoms with Crippen molar-refractivity contribution in [2.45, 2.75) is 12.8 Å². The van der Waals surface area contributed by atoms with E-state index >= 15 is 0 Å². The summed E-state index contributed by atoms with van der Waals surface area (Å²) in [6.45, 7) is 0.861. The van der Waals surface area contributed by atoms with Crippen LogP contribution in [0.4, 0.5) is 0 Å². The first-order valence-electron chi connectivity index (χ1n) is 8.22. The van der Waals surface area contributed by atoms with Gasteiger partial charge < -0.3 is 19.8 Å². The number of aromatic amines is 1. The first-order valence-corrected chi connectivity index (χ1v) is 8.22. The minimum atomic E-state index is -0.0188. The topological polar surface area (TPSA) is 76.2 Å². The molecule has 130 valence electrons. The van der Waals surface area contributed by atoms with Gasteiger partial charge in [-0.15, -0.1) is 0 Å². The van der Waals surface area contributed by atoms with Gasteiger partial charge in [-0.05, 0) is 24.3 Å². The minimum Gasteiger partial charge on any atom is -0.497 e. The lowest BCUT2D eigenvalue weighted by molar-refractivity contribution is -0.121. The molecule has 0 unspecified atom stereocenters. The summed E-state index contributed by atoms with van der Waals surface area (Å²) in [5.74, 6) is 2.27. The van der Waals surface area contributed by atoms with E-state index in [2.05, 4.69) is 15.3 Å². The van der Waals surface area contributed by atoms with Crippen LogP contribution in [-0.2, 0) is 11.2 Å². The number of hydrogen-bond acceptors (Lipinski definition) is 4. The van der Waals surface area contributed by atoms with Gasteiger partial charge >= 0.3 is 0 Å². The third-order valence-electron chi connectivity index (χ3n) is 3.76. The highest BCUT2D eigenvalue weighted by Gasteiger charge is 2.06. The largest absolute Gasteiger partial charge is 0.497 e. The summed E-state index contributed by atoms with van der Waals surface area (Å²) in [5.41, 5.74) is 1.91. The maximum atomic E-state index is 11.9. The Morgan fingerprint density at radius 1 is 1.16 bits per heavy atom. The van der Waals surface area contributed by atoms with Crippen molar-refractivity contribution in [1.82, 2.24) is 15.3 Å². The first kappa shape index (κ1) is 16.8. The zero-order valence-electron chi connectivity index (χ0n) is 14.1. The van der Waals surface area contributed by atoms with Crippen molar-refractivity contribution in [3.05, 3.63) is 54.4 Å². The molecule has 0 saturated carbocycles. The fourth-order valence-electron chi connectivity index (χ4n) is 2.49. The number of amides is 1. The molecular formula is C19H21N3O3. The number of para-hydroxylation sites is 2. The van der Waals surface area contributed by atoms with Gasteiger partial charge in [-0.1, -0.05) is 18.2 Å². The Hall–Kier alpha value is -3.02. The lowest BCUT2D eigenvalue weighted by Gasteiger charge is -2.08. The van der Waals surface area contributed by atoms with Crippen LogP contribution in [-0.4, -0.2) is 36.1 Å². The van der Waals surface area contributed by atoms with Crippen molar-refractivity contribution in [2.24, 2.45) is 0 Å². The molecule has 0 bridgehead atoms. The zero-order chi connectivity index (χ0) is 17.5. The standard InChI is InChI=1S/C19H21N3O3/c1-24-14-5-4-6-15(13-14)25-12-11-20-19(23)10-9-18-21-16-7-2-3-8-17(16)22-18/h2-8,13H,9-12H2,1H3,(H,20,23)(H,21,22). The van der Waals surface area contributed by atoms with E-state index in [1.165, 1.54) is 0 Å². The number of imidazole rings is 1. The quantitative estimate of drug-likeness (QED) is 0.619. The number of rotatable bonds is 8.